The first kappa shape index (κ1) is 9.25. The van der Waals surface area contributed by atoms with Crippen molar-refractivity contribution in [1.82, 2.24) is 0 Å². The molecule has 0 spiro atoms. The number of carboxylic acids is 1. The molecule has 1 atom stereocenters. The Morgan fingerprint density at radius 1 is 1.50 bits per heavy atom. The molecular formula is C12H14O2. The molecule has 1 unspecified atom stereocenters. The predicted octanol–water partition coefficient (Wildman–Crippen LogP) is 2.82. The summed E-state index contributed by atoms with van der Waals surface area (Å²) in [6.07, 6.45) is 3.21. The van der Waals surface area contributed by atoms with Crippen LogP contribution in [0.1, 0.15) is 47.2 Å². The molecule has 1 N–H and O–H groups in total. The molecule has 14 heavy (non-hydrogen) atoms. The van der Waals surface area contributed by atoms with E-state index < -0.39 is 5.97 Å². The van der Waals surface area contributed by atoms with E-state index in [1.165, 1.54) is 12.0 Å². The number of carbonyl (C=O) groups is 1. The van der Waals surface area contributed by atoms with Gasteiger partial charge in [-0.25, -0.2) is 4.79 Å². The van der Waals surface area contributed by atoms with E-state index in [0.29, 0.717) is 11.5 Å². The second-order valence-electron chi connectivity index (χ2n) is 3.97. The van der Waals surface area contributed by atoms with Crippen LogP contribution in [-0.4, -0.2) is 11.1 Å². The van der Waals surface area contributed by atoms with E-state index in [1.54, 1.807) is 6.07 Å². The average molecular weight is 190 g/mol. The number of carboxylic acid groups (broad SMARTS) is 1. The van der Waals surface area contributed by atoms with E-state index in [-0.39, 0.29) is 0 Å². The SMILES string of the molecule is CC1CCCc2c(C(=O)O)cccc21. The van der Waals surface area contributed by atoms with Crippen LogP contribution in [0.4, 0.5) is 0 Å². The molecule has 0 aromatic heterocycles. The number of hydrogen-bond donors (Lipinski definition) is 1. The molecule has 0 amide bonds. The fourth-order valence-electron chi connectivity index (χ4n) is 2.29. The maximum absolute atomic E-state index is 11.0. The van der Waals surface area contributed by atoms with Crippen LogP contribution in [0.5, 0.6) is 0 Å². The van der Waals surface area contributed by atoms with Crippen LogP contribution >= 0.6 is 0 Å². The number of benzene rings is 1. The molecule has 0 radical (unpaired) electrons. The van der Waals surface area contributed by atoms with Gasteiger partial charge in [-0.15, -0.1) is 0 Å². The van der Waals surface area contributed by atoms with Crippen molar-refractivity contribution in [2.75, 3.05) is 0 Å². The van der Waals surface area contributed by atoms with Crippen LogP contribution < -0.4 is 0 Å². The molecule has 1 aliphatic carbocycles. The summed E-state index contributed by atoms with van der Waals surface area (Å²) in [7, 11) is 0. The Kier molecular flexibility index (Phi) is 2.28. The van der Waals surface area contributed by atoms with Gasteiger partial charge in [0.2, 0.25) is 0 Å². The first-order chi connectivity index (χ1) is 6.70. The van der Waals surface area contributed by atoms with Crippen LogP contribution in [0, 0.1) is 0 Å². The van der Waals surface area contributed by atoms with Crippen LogP contribution in [0.3, 0.4) is 0 Å². The first-order valence-corrected chi connectivity index (χ1v) is 5.05. The highest BCUT2D eigenvalue weighted by molar-refractivity contribution is 5.90. The second-order valence-corrected chi connectivity index (χ2v) is 3.97. The Morgan fingerprint density at radius 2 is 2.29 bits per heavy atom. The maximum atomic E-state index is 11.0. The van der Waals surface area contributed by atoms with Crippen molar-refractivity contribution in [3.63, 3.8) is 0 Å². The Morgan fingerprint density at radius 3 is 3.00 bits per heavy atom. The van der Waals surface area contributed by atoms with Crippen LogP contribution in [0.15, 0.2) is 18.2 Å². The van der Waals surface area contributed by atoms with Crippen molar-refractivity contribution >= 4 is 5.97 Å². The van der Waals surface area contributed by atoms with Crippen LogP contribution in [-0.2, 0) is 6.42 Å². The average Bonchev–Trinajstić information content (AvgIpc) is 2.17. The largest absolute Gasteiger partial charge is 0.478 e. The van der Waals surface area contributed by atoms with Gasteiger partial charge in [-0.1, -0.05) is 19.1 Å². The molecule has 1 aromatic rings. The summed E-state index contributed by atoms with van der Waals surface area (Å²) in [5.74, 6) is -0.283. The smallest absolute Gasteiger partial charge is 0.335 e. The lowest BCUT2D eigenvalue weighted by Gasteiger charge is -2.23. The predicted molar refractivity (Wildman–Crippen MR) is 54.8 cm³/mol. The van der Waals surface area contributed by atoms with Gasteiger partial charge in [0.1, 0.15) is 0 Å². The van der Waals surface area contributed by atoms with Gasteiger partial charge in [-0.3, -0.25) is 0 Å². The third-order valence-corrected chi connectivity index (χ3v) is 3.04. The van der Waals surface area contributed by atoms with Gasteiger partial charge in [0.05, 0.1) is 5.56 Å². The molecule has 0 saturated heterocycles. The summed E-state index contributed by atoms with van der Waals surface area (Å²) in [5, 5.41) is 9.03. The molecule has 1 aliphatic rings. The van der Waals surface area contributed by atoms with Crippen LogP contribution in [0.2, 0.25) is 0 Å². The van der Waals surface area contributed by atoms with Gasteiger partial charge in [-0.2, -0.15) is 0 Å². The van der Waals surface area contributed by atoms with E-state index in [1.807, 2.05) is 6.07 Å². The fraction of sp³-hybridized carbons (Fsp3) is 0.417. The van der Waals surface area contributed by atoms with Crippen LogP contribution in [0.25, 0.3) is 0 Å². The summed E-state index contributed by atoms with van der Waals surface area (Å²) in [4.78, 5) is 11.0. The molecule has 2 heteroatoms. The maximum Gasteiger partial charge on any atom is 0.335 e. The minimum absolute atomic E-state index is 0.494. The van der Waals surface area contributed by atoms with E-state index in [2.05, 4.69) is 13.0 Å². The fourth-order valence-corrected chi connectivity index (χ4v) is 2.29. The number of hydrogen-bond acceptors (Lipinski definition) is 1. The summed E-state index contributed by atoms with van der Waals surface area (Å²) < 4.78 is 0. The van der Waals surface area contributed by atoms with Gasteiger partial charge >= 0.3 is 5.97 Å². The Bertz CT molecular complexity index is 369. The monoisotopic (exact) mass is 190 g/mol. The summed E-state index contributed by atoms with van der Waals surface area (Å²) in [6.45, 7) is 2.17. The van der Waals surface area contributed by atoms with Gasteiger partial charge in [-0.05, 0) is 42.4 Å². The van der Waals surface area contributed by atoms with Crippen molar-refractivity contribution < 1.29 is 9.90 Å². The molecule has 0 bridgehead atoms. The van der Waals surface area contributed by atoms with Gasteiger partial charge in [0, 0.05) is 0 Å². The summed E-state index contributed by atoms with van der Waals surface area (Å²) in [5.41, 5.74) is 2.78. The molecule has 2 nitrogen and oxygen atoms in total. The van der Waals surface area contributed by atoms with Crippen molar-refractivity contribution in [3.8, 4) is 0 Å². The molecule has 0 heterocycles. The van der Waals surface area contributed by atoms with E-state index >= 15 is 0 Å². The summed E-state index contributed by atoms with van der Waals surface area (Å²) >= 11 is 0. The number of aromatic carboxylic acids is 1. The molecule has 2 rings (SSSR count). The zero-order valence-electron chi connectivity index (χ0n) is 8.29. The minimum atomic E-state index is -0.795. The number of fused-ring (bicyclic) bond motifs is 1. The van der Waals surface area contributed by atoms with E-state index in [4.69, 9.17) is 5.11 Å². The summed E-state index contributed by atoms with van der Waals surface area (Å²) in [6, 6.07) is 5.62. The third-order valence-electron chi connectivity index (χ3n) is 3.04. The molecule has 0 saturated carbocycles. The molecule has 0 aliphatic heterocycles. The Balaban J connectivity index is 2.55. The highest BCUT2D eigenvalue weighted by Gasteiger charge is 2.20. The highest BCUT2D eigenvalue weighted by atomic mass is 16.4. The van der Waals surface area contributed by atoms with Crippen molar-refractivity contribution in [1.29, 1.82) is 0 Å². The first-order valence-electron chi connectivity index (χ1n) is 5.05. The standard InChI is InChI=1S/C12H14O2/c1-8-4-2-6-10-9(8)5-3-7-11(10)12(13)14/h3,5,7-8H,2,4,6H2,1H3,(H,13,14). The minimum Gasteiger partial charge on any atom is -0.478 e. The second kappa shape index (κ2) is 3.45. The zero-order chi connectivity index (χ0) is 10.1. The Labute approximate surface area is 83.6 Å². The lowest BCUT2D eigenvalue weighted by atomic mass is 9.82. The quantitative estimate of drug-likeness (QED) is 0.739. The van der Waals surface area contributed by atoms with Crippen molar-refractivity contribution in [2.24, 2.45) is 0 Å². The Hall–Kier alpha value is -1.31. The van der Waals surface area contributed by atoms with Crippen molar-refractivity contribution in [3.05, 3.63) is 34.9 Å². The topological polar surface area (TPSA) is 37.3 Å². The molecular weight excluding hydrogens is 176 g/mol. The van der Waals surface area contributed by atoms with E-state index in [9.17, 15) is 4.79 Å². The molecule has 74 valence electrons. The lowest BCUT2D eigenvalue weighted by molar-refractivity contribution is 0.0695. The van der Waals surface area contributed by atoms with Crippen molar-refractivity contribution in [2.45, 2.75) is 32.1 Å². The molecule has 1 aromatic carbocycles. The molecule has 0 fully saturated rings. The normalized spacial score (nSPS) is 20.2. The van der Waals surface area contributed by atoms with Gasteiger partial charge < -0.3 is 5.11 Å². The lowest BCUT2D eigenvalue weighted by Crippen LogP contribution is -2.12. The van der Waals surface area contributed by atoms with Gasteiger partial charge in [0.25, 0.3) is 0 Å². The third kappa shape index (κ3) is 1.41. The number of rotatable bonds is 1. The van der Waals surface area contributed by atoms with E-state index in [0.717, 1.165) is 18.4 Å². The highest BCUT2D eigenvalue weighted by Crippen LogP contribution is 2.32. The van der Waals surface area contributed by atoms with Gasteiger partial charge in [0.15, 0.2) is 0 Å². The zero-order valence-corrected chi connectivity index (χ0v) is 8.29.